The lowest BCUT2D eigenvalue weighted by Crippen LogP contribution is -2.54. The van der Waals surface area contributed by atoms with E-state index < -0.39 is 35.8 Å². The van der Waals surface area contributed by atoms with Gasteiger partial charge in [-0.1, -0.05) is 30.3 Å². The first-order valence-corrected chi connectivity index (χ1v) is 11.0. The highest BCUT2D eigenvalue weighted by Crippen LogP contribution is 2.42. The maximum absolute atomic E-state index is 13.5. The maximum atomic E-state index is 13.5. The monoisotopic (exact) mass is 454 g/mol. The molecule has 2 heterocycles. The molecule has 2 aromatic rings. The normalized spacial score (nSPS) is 22.7. The number of hydrogen-bond donors (Lipinski definition) is 2. The summed E-state index contributed by atoms with van der Waals surface area (Å²) in [4.78, 5) is 43.0. The molecule has 2 aliphatic rings. The zero-order valence-corrected chi connectivity index (χ0v) is 18.4. The van der Waals surface area contributed by atoms with Crippen molar-refractivity contribution in [3.8, 4) is 0 Å². The van der Waals surface area contributed by atoms with E-state index in [4.69, 9.17) is 4.74 Å². The number of amides is 3. The van der Waals surface area contributed by atoms with Gasteiger partial charge < -0.3 is 25.2 Å². The van der Waals surface area contributed by atoms with Crippen molar-refractivity contribution in [3.63, 3.8) is 0 Å². The number of ether oxygens (including phenoxy) is 1. The van der Waals surface area contributed by atoms with E-state index in [1.807, 2.05) is 30.3 Å². The molecule has 3 unspecified atom stereocenters. The van der Waals surface area contributed by atoms with Crippen LogP contribution in [0.3, 0.4) is 0 Å². The second-order valence-electron chi connectivity index (χ2n) is 8.16. The predicted molar refractivity (Wildman–Crippen MR) is 120 cm³/mol. The molecule has 0 bridgehead atoms. The molecular weight excluding hydrogens is 427 g/mol. The fourth-order valence-corrected chi connectivity index (χ4v) is 4.60. The van der Waals surface area contributed by atoms with Gasteiger partial charge in [-0.2, -0.15) is 0 Å². The van der Waals surface area contributed by atoms with Crippen molar-refractivity contribution in [1.29, 1.82) is 0 Å². The quantitative estimate of drug-likeness (QED) is 0.693. The van der Waals surface area contributed by atoms with E-state index in [0.29, 0.717) is 31.9 Å². The fourth-order valence-electron chi connectivity index (χ4n) is 4.60. The number of likely N-dealkylation sites (tertiary alicyclic amines) is 1. The summed E-state index contributed by atoms with van der Waals surface area (Å²) in [5.41, 5.74) is 1.13. The molecule has 4 rings (SSSR count). The van der Waals surface area contributed by atoms with Crippen LogP contribution in [0.25, 0.3) is 0 Å². The van der Waals surface area contributed by atoms with Crippen molar-refractivity contribution in [2.45, 2.75) is 18.5 Å². The van der Waals surface area contributed by atoms with Crippen molar-refractivity contribution in [2.24, 2.45) is 5.92 Å². The van der Waals surface area contributed by atoms with Crippen molar-refractivity contribution in [1.82, 2.24) is 15.1 Å². The van der Waals surface area contributed by atoms with E-state index in [1.54, 1.807) is 4.90 Å². The number of rotatable bonds is 4. The van der Waals surface area contributed by atoms with Gasteiger partial charge in [0.05, 0.1) is 19.1 Å². The van der Waals surface area contributed by atoms with Gasteiger partial charge in [0.2, 0.25) is 5.91 Å². The molecule has 3 atom stereocenters. The predicted octanol–water partition coefficient (Wildman–Crippen LogP) is 2.39. The number of urea groups is 1. The number of methoxy groups -OCH3 is 1. The molecule has 2 aromatic carbocycles. The van der Waals surface area contributed by atoms with E-state index in [9.17, 15) is 18.8 Å². The number of nitrogens with zero attached hydrogens (tertiary/aromatic N) is 2. The summed E-state index contributed by atoms with van der Waals surface area (Å²) in [7, 11) is 1.30. The lowest BCUT2D eigenvalue weighted by molar-refractivity contribution is -0.146. The van der Waals surface area contributed by atoms with Crippen molar-refractivity contribution in [2.75, 3.05) is 38.6 Å². The van der Waals surface area contributed by atoms with E-state index >= 15 is 0 Å². The van der Waals surface area contributed by atoms with Gasteiger partial charge in [0.15, 0.2) is 0 Å². The molecule has 174 valence electrons. The average Bonchev–Trinajstić information content (AvgIpc) is 3.26. The fraction of sp³-hybridized carbons (Fsp3) is 0.375. The van der Waals surface area contributed by atoms with Crippen molar-refractivity contribution < 1.29 is 23.5 Å². The molecule has 0 aliphatic carbocycles. The number of carbonyl (C=O) groups excluding carboxylic acids is 3. The standard InChI is InChI=1S/C24H27FN4O4/c1-33-23(31)19-15-20(22(30)28-13-11-26-12-14-28)29(21(19)16-5-3-2-4-6-16)24(32)27-18-9-7-17(25)8-10-18/h2-10,19-21,26H,11-15H2,1H3,(H,27,32). The summed E-state index contributed by atoms with van der Waals surface area (Å²) in [5.74, 6) is -1.79. The second-order valence-corrected chi connectivity index (χ2v) is 8.16. The molecule has 0 aromatic heterocycles. The number of anilines is 1. The van der Waals surface area contributed by atoms with Gasteiger partial charge in [0, 0.05) is 31.9 Å². The summed E-state index contributed by atoms with van der Waals surface area (Å²) < 4.78 is 18.4. The summed E-state index contributed by atoms with van der Waals surface area (Å²) in [6.07, 6.45) is 0.159. The van der Waals surface area contributed by atoms with E-state index in [-0.39, 0.29) is 12.3 Å². The Bertz CT molecular complexity index is 995. The molecule has 0 spiro atoms. The molecule has 2 N–H and O–H groups in total. The highest BCUT2D eigenvalue weighted by atomic mass is 19.1. The average molecular weight is 455 g/mol. The Kier molecular flexibility index (Phi) is 6.88. The number of nitrogens with one attached hydrogen (secondary N) is 2. The van der Waals surface area contributed by atoms with Crippen molar-refractivity contribution >= 4 is 23.6 Å². The molecule has 0 radical (unpaired) electrons. The van der Waals surface area contributed by atoms with Crippen LogP contribution in [0.4, 0.5) is 14.9 Å². The van der Waals surface area contributed by atoms with Gasteiger partial charge in [-0.3, -0.25) is 9.59 Å². The smallest absolute Gasteiger partial charge is 0.323 e. The van der Waals surface area contributed by atoms with Gasteiger partial charge in [-0.15, -0.1) is 0 Å². The zero-order valence-electron chi connectivity index (χ0n) is 18.4. The minimum Gasteiger partial charge on any atom is -0.469 e. The lowest BCUT2D eigenvalue weighted by atomic mass is 9.93. The largest absolute Gasteiger partial charge is 0.469 e. The number of piperazine rings is 1. The Balaban J connectivity index is 1.71. The van der Waals surface area contributed by atoms with Gasteiger partial charge in [-0.25, -0.2) is 9.18 Å². The van der Waals surface area contributed by atoms with Crippen molar-refractivity contribution in [3.05, 3.63) is 66.0 Å². The molecule has 2 aliphatic heterocycles. The van der Waals surface area contributed by atoms with Crippen LogP contribution in [0.5, 0.6) is 0 Å². The molecule has 3 amide bonds. The number of halogens is 1. The lowest BCUT2D eigenvalue weighted by Gasteiger charge is -2.35. The number of carbonyl (C=O) groups is 3. The van der Waals surface area contributed by atoms with Crippen LogP contribution in [0.15, 0.2) is 54.6 Å². The van der Waals surface area contributed by atoms with Gasteiger partial charge in [0.1, 0.15) is 11.9 Å². The van der Waals surface area contributed by atoms with Gasteiger partial charge in [-0.05, 0) is 36.2 Å². The Morgan fingerprint density at radius 3 is 2.33 bits per heavy atom. The minimum absolute atomic E-state index is 0.159. The maximum Gasteiger partial charge on any atom is 0.323 e. The van der Waals surface area contributed by atoms with E-state index in [0.717, 1.165) is 5.56 Å². The number of benzene rings is 2. The molecular formula is C24H27FN4O4. The molecule has 9 heteroatoms. The molecule has 8 nitrogen and oxygen atoms in total. The highest BCUT2D eigenvalue weighted by molar-refractivity contribution is 5.96. The first-order valence-electron chi connectivity index (χ1n) is 11.0. The Hall–Kier alpha value is -3.46. The van der Waals surface area contributed by atoms with Crippen LogP contribution < -0.4 is 10.6 Å². The third-order valence-corrected chi connectivity index (χ3v) is 6.18. The van der Waals surface area contributed by atoms with Crippen LogP contribution in [0, 0.1) is 11.7 Å². The molecule has 2 saturated heterocycles. The summed E-state index contributed by atoms with van der Waals surface area (Å²) in [5, 5.41) is 5.97. The highest BCUT2D eigenvalue weighted by Gasteiger charge is 2.51. The van der Waals surface area contributed by atoms with Crippen LogP contribution in [0.2, 0.25) is 0 Å². The Labute approximate surface area is 191 Å². The number of esters is 1. The van der Waals surface area contributed by atoms with Crippen LogP contribution in [-0.4, -0.2) is 67.0 Å². The first kappa shape index (κ1) is 22.7. The summed E-state index contributed by atoms with van der Waals surface area (Å²) in [6, 6.07) is 12.5. The summed E-state index contributed by atoms with van der Waals surface area (Å²) in [6.45, 7) is 2.40. The second kappa shape index (κ2) is 9.99. The molecule has 0 saturated carbocycles. The third-order valence-electron chi connectivity index (χ3n) is 6.18. The van der Waals surface area contributed by atoms with Gasteiger partial charge in [0.25, 0.3) is 0 Å². The SMILES string of the molecule is COC(=O)C1CC(C(=O)N2CCNCC2)N(C(=O)Nc2ccc(F)cc2)C1c1ccccc1. The van der Waals surface area contributed by atoms with E-state index in [2.05, 4.69) is 10.6 Å². The van der Waals surface area contributed by atoms with Crippen LogP contribution in [-0.2, 0) is 14.3 Å². The number of hydrogen-bond acceptors (Lipinski definition) is 5. The Morgan fingerprint density at radius 2 is 1.70 bits per heavy atom. The third kappa shape index (κ3) is 4.83. The minimum atomic E-state index is -0.835. The van der Waals surface area contributed by atoms with E-state index in [1.165, 1.54) is 36.3 Å². The summed E-state index contributed by atoms with van der Waals surface area (Å²) >= 11 is 0. The molecule has 2 fully saturated rings. The van der Waals surface area contributed by atoms with Gasteiger partial charge >= 0.3 is 12.0 Å². The van der Waals surface area contributed by atoms with Crippen LogP contribution in [0.1, 0.15) is 18.0 Å². The Morgan fingerprint density at radius 1 is 1.03 bits per heavy atom. The first-order chi connectivity index (χ1) is 16.0. The molecule has 33 heavy (non-hydrogen) atoms. The zero-order chi connectivity index (χ0) is 23.4. The topological polar surface area (TPSA) is 91.0 Å². The van der Waals surface area contributed by atoms with Crippen LogP contribution >= 0.6 is 0 Å².